The van der Waals surface area contributed by atoms with Gasteiger partial charge >= 0.3 is 0 Å². The lowest BCUT2D eigenvalue weighted by atomic mass is 9.89. The molecule has 5 nitrogen and oxygen atoms in total. The van der Waals surface area contributed by atoms with Crippen LogP contribution >= 0.6 is 0 Å². The first kappa shape index (κ1) is 17.0. The molecule has 5 heteroatoms. The zero-order valence-electron chi connectivity index (χ0n) is 14.5. The van der Waals surface area contributed by atoms with Crippen molar-refractivity contribution in [1.82, 2.24) is 15.5 Å². The predicted molar refractivity (Wildman–Crippen MR) is 93.5 cm³/mol. The second-order valence-corrected chi connectivity index (χ2v) is 7.25. The van der Waals surface area contributed by atoms with Crippen molar-refractivity contribution in [2.24, 2.45) is 0 Å². The van der Waals surface area contributed by atoms with Gasteiger partial charge in [-0.1, -0.05) is 30.3 Å². The van der Waals surface area contributed by atoms with Crippen LogP contribution in [-0.4, -0.2) is 47.9 Å². The minimum atomic E-state index is -0.323. The van der Waals surface area contributed by atoms with E-state index in [4.69, 9.17) is 0 Å². The van der Waals surface area contributed by atoms with E-state index in [1.54, 1.807) is 7.05 Å². The number of likely N-dealkylation sites (tertiary alicyclic amines) is 1. The van der Waals surface area contributed by atoms with Crippen LogP contribution in [0.5, 0.6) is 0 Å². The lowest BCUT2D eigenvalue weighted by Crippen LogP contribution is -2.55. The van der Waals surface area contributed by atoms with Crippen LogP contribution in [0.3, 0.4) is 0 Å². The summed E-state index contributed by atoms with van der Waals surface area (Å²) in [6.07, 6.45) is 3.93. The number of carbonyl (C=O) groups excluding carboxylic acids is 2. The smallest absolute Gasteiger partial charge is 0.237 e. The molecule has 0 aliphatic carbocycles. The lowest BCUT2D eigenvalue weighted by molar-refractivity contribution is -0.134. The van der Waals surface area contributed by atoms with Crippen LogP contribution < -0.4 is 10.6 Å². The monoisotopic (exact) mass is 329 g/mol. The van der Waals surface area contributed by atoms with Gasteiger partial charge < -0.3 is 15.5 Å². The van der Waals surface area contributed by atoms with Crippen molar-refractivity contribution in [3.05, 3.63) is 35.9 Å². The summed E-state index contributed by atoms with van der Waals surface area (Å²) in [6, 6.07) is 10.5. The van der Waals surface area contributed by atoms with Crippen LogP contribution in [0.2, 0.25) is 0 Å². The van der Waals surface area contributed by atoms with Gasteiger partial charge in [0.1, 0.15) is 0 Å². The van der Waals surface area contributed by atoms with Crippen molar-refractivity contribution in [3.63, 3.8) is 0 Å². The maximum absolute atomic E-state index is 12.8. The Hall–Kier alpha value is -1.88. The number of amides is 2. The summed E-state index contributed by atoms with van der Waals surface area (Å²) in [7, 11) is 1.80. The van der Waals surface area contributed by atoms with E-state index in [0.717, 1.165) is 25.7 Å². The van der Waals surface area contributed by atoms with Crippen molar-refractivity contribution in [1.29, 1.82) is 0 Å². The summed E-state index contributed by atoms with van der Waals surface area (Å²) in [6.45, 7) is 2.44. The maximum atomic E-state index is 12.8. The highest BCUT2D eigenvalue weighted by Gasteiger charge is 2.52. The first-order chi connectivity index (χ1) is 11.5. The van der Waals surface area contributed by atoms with E-state index in [0.29, 0.717) is 13.0 Å². The van der Waals surface area contributed by atoms with Crippen LogP contribution in [-0.2, 0) is 16.0 Å². The minimum absolute atomic E-state index is 0.0820. The van der Waals surface area contributed by atoms with Gasteiger partial charge in [-0.2, -0.15) is 0 Å². The molecule has 2 N–H and O–H groups in total. The molecule has 0 bridgehead atoms. The first-order valence-electron chi connectivity index (χ1n) is 8.84. The van der Waals surface area contributed by atoms with Gasteiger partial charge in [0.05, 0.1) is 18.1 Å². The fourth-order valence-corrected chi connectivity index (χ4v) is 4.39. The number of carbonyl (C=O) groups is 2. The van der Waals surface area contributed by atoms with Crippen molar-refractivity contribution >= 4 is 11.8 Å². The molecule has 2 heterocycles. The van der Waals surface area contributed by atoms with Gasteiger partial charge in [0.2, 0.25) is 11.8 Å². The van der Waals surface area contributed by atoms with Crippen LogP contribution in [0.25, 0.3) is 0 Å². The normalized spacial score (nSPS) is 29.8. The molecule has 1 aromatic carbocycles. The molecule has 0 spiro atoms. The van der Waals surface area contributed by atoms with Crippen LogP contribution in [0.1, 0.15) is 38.2 Å². The summed E-state index contributed by atoms with van der Waals surface area (Å²) in [4.78, 5) is 26.9. The van der Waals surface area contributed by atoms with Crippen LogP contribution in [0.15, 0.2) is 30.3 Å². The van der Waals surface area contributed by atoms with E-state index < -0.39 is 0 Å². The molecular formula is C19H27N3O2. The highest BCUT2D eigenvalue weighted by Crippen LogP contribution is 2.39. The second-order valence-electron chi connectivity index (χ2n) is 7.25. The molecule has 0 saturated carbocycles. The number of likely N-dealkylation sites (N-methyl/N-ethyl adjacent to an activating group) is 1. The SMILES string of the molecule is CNCC(=O)N1[C@H](Cc2ccccc2)C[C@]2(C)NC(=O)CCC[C@H]12. The summed E-state index contributed by atoms with van der Waals surface area (Å²) >= 11 is 0. The Balaban J connectivity index is 1.88. The molecule has 2 amide bonds. The summed E-state index contributed by atoms with van der Waals surface area (Å²) in [5.41, 5.74) is 0.910. The largest absolute Gasteiger partial charge is 0.349 e. The molecule has 0 unspecified atom stereocenters. The quantitative estimate of drug-likeness (QED) is 0.879. The molecule has 2 fully saturated rings. The fourth-order valence-electron chi connectivity index (χ4n) is 4.39. The average Bonchev–Trinajstić information content (AvgIpc) is 2.71. The molecule has 130 valence electrons. The molecule has 3 rings (SSSR count). The van der Waals surface area contributed by atoms with Gasteiger partial charge in [0.15, 0.2) is 0 Å². The molecule has 1 aromatic rings. The van der Waals surface area contributed by atoms with E-state index in [2.05, 4.69) is 34.6 Å². The van der Waals surface area contributed by atoms with E-state index >= 15 is 0 Å². The number of fused-ring (bicyclic) bond motifs is 1. The predicted octanol–water partition coefficient (Wildman–Crippen LogP) is 1.48. The Kier molecular flexibility index (Phi) is 4.90. The molecule has 2 saturated heterocycles. The summed E-state index contributed by atoms with van der Waals surface area (Å²) < 4.78 is 0. The van der Waals surface area contributed by atoms with Crippen molar-refractivity contribution < 1.29 is 9.59 Å². The number of rotatable bonds is 4. The zero-order chi connectivity index (χ0) is 17.2. The molecular weight excluding hydrogens is 302 g/mol. The topological polar surface area (TPSA) is 61.4 Å². The Morgan fingerprint density at radius 3 is 2.83 bits per heavy atom. The Morgan fingerprint density at radius 1 is 1.38 bits per heavy atom. The fraction of sp³-hybridized carbons (Fsp3) is 0.579. The Labute approximate surface area is 143 Å². The third kappa shape index (κ3) is 3.31. The molecule has 3 atom stereocenters. The standard InChI is InChI=1S/C19H27N3O2/c1-19-12-15(11-14-7-4-3-5-8-14)22(18(24)13-20-2)16(19)9-6-10-17(23)21-19/h3-5,7-8,15-16,20H,6,9-13H2,1-2H3,(H,21,23)/t15-,16+,19+/m1/s1. The van der Waals surface area contributed by atoms with Gasteiger partial charge in [-0.25, -0.2) is 0 Å². The summed E-state index contributed by atoms with van der Waals surface area (Å²) in [5, 5.41) is 6.19. The number of hydrogen-bond donors (Lipinski definition) is 2. The lowest BCUT2D eigenvalue weighted by Gasteiger charge is -2.35. The average molecular weight is 329 g/mol. The first-order valence-corrected chi connectivity index (χ1v) is 8.84. The number of benzene rings is 1. The third-order valence-corrected chi connectivity index (χ3v) is 5.36. The van der Waals surface area contributed by atoms with Crippen LogP contribution in [0.4, 0.5) is 0 Å². The number of nitrogens with zero attached hydrogens (tertiary/aromatic N) is 1. The Morgan fingerprint density at radius 2 is 2.12 bits per heavy atom. The van der Waals surface area contributed by atoms with Crippen molar-refractivity contribution in [2.45, 2.75) is 56.7 Å². The Bertz CT molecular complexity index is 604. The zero-order valence-corrected chi connectivity index (χ0v) is 14.5. The molecule has 2 aliphatic rings. The van der Waals surface area contributed by atoms with E-state index in [9.17, 15) is 9.59 Å². The maximum Gasteiger partial charge on any atom is 0.237 e. The highest BCUT2D eigenvalue weighted by molar-refractivity contribution is 5.81. The van der Waals surface area contributed by atoms with Gasteiger partial charge in [-0.05, 0) is 45.2 Å². The van der Waals surface area contributed by atoms with Gasteiger partial charge in [-0.15, -0.1) is 0 Å². The summed E-state index contributed by atoms with van der Waals surface area (Å²) in [5.74, 6) is 0.240. The minimum Gasteiger partial charge on any atom is -0.349 e. The van der Waals surface area contributed by atoms with Crippen molar-refractivity contribution in [3.8, 4) is 0 Å². The molecule has 2 aliphatic heterocycles. The molecule has 24 heavy (non-hydrogen) atoms. The third-order valence-electron chi connectivity index (χ3n) is 5.36. The van der Waals surface area contributed by atoms with Gasteiger partial charge in [0, 0.05) is 12.5 Å². The van der Waals surface area contributed by atoms with E-state index in [1.807, 2.05) is 18.2 Å². The highest BCUT2D eigenvalue weighted by atomic mass is 16.2. The second kappa shape index (κ2) is 6.93. The number of nitrogens with one attached hydrogen (secondary N) is 2. The van der Waals surface area contributed by atoms with E-state index in [-0.39, 0.29) is 29.4 Å². The van der Waals surface area contributed by atoms with E-state index in [1.165, 1.54) is 5.56 Å². The molecule has 0 radical (unpaired) electrons. The van der Waals surface area contributed by atoms with Gasteiger partial charge in [-0.3, -0.25) is 9.59 Å². The van der Waals surface area contributed by atoms with Crippen molar-refractivity contribution in [2.75, 3.05) is 13.6 Å². The molecule has 0 aromatic heterocycles. The van der Waals surface area contributed by atoms with Gasteiger partial charge in [0.25, 0.3) is 0 Å². The van der Waals surface area contributed by atoms with Crippen LogP contribution in [0, 0.1) is 0 Å². The number of hydrogen-bond acceptors (Lipinski definition) is 3.